The monoisotopic (exact) mass is 225 g/mol. The van der Waals surface area contributed by atoms with Gasteiger partial charge in [-0.3, -0.25) is 0 Å². The van der Waals surface area contributed by atoms with E-state index in [1.165, 1.54) is 15.7 Å². The van der Waals surface area contributed by atoms with Crippen molar-refractivity contribution in [1.29, 1.82) is 0 Å². The molecular formula is C11H19N3S. The van der Waals surface area contributed by atoms with Crippen LogP contribution in [0.2, 0.25) is 0 Å². The van der Waals surface area contributed by atoms with Gasteiger partial charge >= 0.3 is 0 Å². The van der Waals surface area contributed by atoms with Crippen LogP contribution in [-0.2, 0) is 6.42 Å². The molecule has 3 nitrogen and oxygen atoms in total. The number of aryl methyl sites for hydroxylation is 2. The van der Waals surface area contributed by atoms with Crippen molar-refractivity contribution in [3.05, 3.63) is 10.6 Å². The van der Waals surface area contributed by atoms with E-state index in [2.05, 4.69) is 30.7 Å². The molecule has 0 aliphatic carbocycles. The fourth-order valence-corrected chi connectivity index (χ4v) is 2.92. The molecule has 0 amide bonds. The molecule has 0 atom stereocenters. The molecule has 1 aromatic rings. The van der Waals surface area contributed by atoms with Gasteiger partial charge in [-0.2, -0.15) is 0 Å². The van der Waals surface area contributed by atoms with Gasteiger partial charge in [-0.15, -0.1) is 11.3 Å². The number of likely N-dealkylation sites (N-methyl/N-ethyl adjacent to an activating group) is 1. The van der Waals surface area contributed by atoms with Crippen molar-refractivity contribution >= 4 is 16.5 Å². The predicted molar refractivity (Wildman–Crippen MR) is 65.9 cm³/mol. The van der Waals surface area contributed by atoms with Crippen LogP contribution in [0.1, 0.15) is 17.5 Å². The van der Waals surface area contributed by atoms with Crippen LogP contribution in [0.15, 0.2) is 0 Å². The Hall–Kier alpha value is -0.610. The average molecular weight is 225 g/mol. The first-order valence-electron chi connectivity index (χ1n) is 5.60. The molecule has 0 aromatic carbocycles. The maximum Gasteiger partial charge on any atom is 0.185 e. The smallest absolute Gasteiger partial charge is 0.185 e. The van der Waals surface area contributed by atoms with Gasteiger partial charge in [0.05, 0.1) is 5.69 Å². The summed E-state index contributed by atoms with van der Waals surface area (Å²) in [7, 11) is 2.18. The third-order valence-electron chi connectivity index (χ3n) is 2.99. The fourth-order valence-electron chi connectivity index (χ4n) is 1.87. The number of piperazine rings is 1. The van der Waals surface area contributed by atoms with Crippen molar-refractivity contribution in [3.8, 4) is 0 Å². The Kier molecular flexibility index (Phi) is 3.26. The van der Waals surface area contributed by atoms with Gasteiger partial charge in [0.2, 0.25) is 0 Å². The van der Waals surface area contributed by atoms with Crippen LogP contribution >= 0.6 is 11.3 Å². The Bertz CT molecular complexity index is 327. The molecule has 4 heteroatoms. The van der Waals surface area contributed by atoms with E-state index in [0.29, 0.717) is 0 Å². The first-order chi connectivity index (χ1) is 7.20. The average Bonchev–Trinajstić information content (AvgIpc) is 2.61. The Morgan fingerprint density at radius 2 is 1.93 bits per heavy atom. The lowest BCUT2D eigenvalue weighted by atomic mass is 10.3. The Morgan fingerprint density at radius 3 is 2.47 bits per heavy atom. The van der Waals surface area contributed by atoms with Crippen LogP contribution in [-0.4, -0.2) is 43.1 Å². The number of nitrogens with zero attached hydrogens (tertiary/aromatic N) is 3. The summed E-state index contributed by atoms with van der Waals surface area (Å²) in [6.45, 7) is 8.89. The summed E-state index contributed by atoms with van der Waals surface area (Å²) < 4.78 is 0. The molecule has 15 heavy (non-hydrogen) atoms. The molecule has 1 aliphatic rings. The lowest BCUT2D eigenvalue weighted by molar-refractivity contribution is 0.312. The van der Waals surface area contributed by atoms with Crippen LogP contribution in [0.25, 0.3) is 0 Å². The van der Waals surface area contributed by atoms with Gasteiger partial charge in [0, 0.05) is 31.1 Å². The highest BCUT2D eigenvalue weighted by Gasteiger charge is 2.17. The molecule has 0 N–H and O–H groups in total. The highest BCUT2D eigenvalue weighted by molar-refractivity contribution is 7.15. The normalized spacial score (nSPS) is 18.5. The molecule has 1 aromatic heterocycles. The third-order valence-corrected chi connectivity index (χ3v) is 4.06. The first kappa shape index (κ1) is 10.9. The third kappa shape index (κ3) is 2.32. The van der Waals surface area contributed by atoms with Crippen molar-refractivity contribution in [2.24, 2.45) is 0 Å². The maximum absolute atomic E-state index is 4.70. The lowest BCUT2D eigenvalue weighted by Gasteiger charge is -2.32. The summed E-state index contributed by atoms with van der Waals surface area (Å²) in [6, 6.07) is 0. The maximum atomic E-state index is 4.70. The minimum absolute atomic E-state index is 1.05. The van der Waals surface area contributed by atoms with E-state index in [4.69, 9.17) is 4.98 Å². The molecule has 1 fully saturated rings. The summed E-state index contributed by atoms with van der Waals surface area (Å²) in [4.78, 5) is 10.9. The molecule has 0 saturated carbocycles. The van der Waals surface area contributed by atoms with Gasteiger partial charge in [-0.05, 0) is 20.4 Å². The van der Waals surface area contributed by atoms with Crippen LogP contribution in [0.4, 0.5) is 5.13 Å². The summed E-state index contributed by atoms with van der Waals surface area (Å²) in [6.07, 6.45) is 1.05. The summed E-state index contributed by atoms with van der Waals surface area (Å²) >= 11 is 1.84. The van der Waals surface area contributed by atoms with Crippen molar-refractivity contribution in [2.45, 2.75) is 20.3 Å². The topological polar surface area (TPSA) is 19.4 Å². The second kappa shape index (κ2) is 4.49. The van der Waals surface area contributed by atoms with Crippen LogP contribution in [0.3, 0.4) is 0 Å². The molecule has 0 radical (unpaired) electrons. The van der Waals surface area contributed by atoms with Crippen molar-refractivity contribution in [2.75, 3.05) is 38.1 Å². The Labute approximate surface area is 95.7 Å². The zero-order valence-corrected chi connectivity index (χ0v) is 10.6. The molecule has 0 bridgehead atoms. The van der Waals surface area contributed by atoms with E-state index < -0.39 is 0 Å². The number of anilines is 1. The quantitative estimate of drug-likeness (QED) is 0.764. The largest absolute Gasteiger partial charge is 0.346 e. The lowest BCUT2D eigenvalue weighted by Crippen LogP contribution is -2.44. The summed E-state index contributed by atoms with van der Waals surface area (Å²) in [5.74, 6) is 0. The predicted octanol–water partition coefficient (Wildman–Crippen LogP) is 1.77. The number of thiazole rings is 1. The zero-order valence-electron chi connectivity index (χ0n) is 9.79. The van der Waals surface area contributed by atoms with E-state index in [-0.39, 0.29) is 0 Å². The number of hydrogen-bond acceptors (Lipinski definition) is 4. The number of aromatic nitrogens is 1. The van der Waals surface area contributed by atoms with Crippen molar-refractivity contribution < 1.29 is 0 Å². The highest BCUT2D eigenvalue weighted by atomic mass is 32.1. The Morgan fingerprint density at radius 1 is 1.27 bits per heavy atom. The minimum atomic E-state index is 1.05. The van der Waals surface area contributed by atoms with E-state index in [1.54, 1.807) is 0 Å². The summed E-state index contributed by atoms with van der Waals surface area (Å²) in [5, 5.41) is 1.22. The standard InChI is InChI=1S/C11H19N3S/c1-4-10-9(2)15-11(12-10)14-7-5-13(3)6-8-14/h4-8H2,1-3H3. The van der Waals surface area contributed by atoms with Crippen molar-refractivity contribution in [1.82, 2.24) is 9.88 Å². The van der Waals surface area contributed by atoms with Gasteiger partial charge in [0.15, 0.2) is 5.13 Å². The second-order valence-electron chi connectivity index (χ2n) is 4.14. The minimum Gasteiger partial charge on any atom is -0.346 e. The molecule has 0 unspecified atom stereocenters. The van der Waals surface area contributed by atoms with Crippen molar-refractivity contribution in [3.63, 3.8) is 0 Å². The summed E-state index contributed by atoms with van der Waals surface area (Å²) in [5.41, 5.74) is 1.27. The molecule has 2 heterocycles. The van der Waals surface area contributed by atoms with E-state index in [9.17, 15) is 0 Å². The van der Waals surface area contributed by atoms with E-state index in [1.807, 2.05) is 11.3 Å². The van der Waals surface area contributed by atoms with Gasteiger partial charge in [-0.1, -0.05) is 6.92 Å². The van der Waals surface area contributed by atoms with Crippen LogP contribution in [0, 0.1) is 6.92 Å². The SMILES string of the molecule is CCc1nc(N2CCN(C)CC2)sc1C. The molecule has 0 spiro atoms. The van der Waals surface area contributed by atoms with Crippen LogP contribution < -0.4 is 4.90 Å². The molecule has 2 rings (SSSR count). The molecule has 1 saturated heterocycles. The van der Waals surface area contributed by atoms with E-state index in [0.717, 1.165) is 32.6 Å². The van der Waals surface area contributed by atoms with Gasteiger partial charge in [0.25, 0.3) is 0 Å². The fraction of sp³-hybridized carbons (Fsp3) is 0.727. The molecular weight excluding hydrogens is 206 g/mol. The van der Waals surface area contributed by atoms with Gasteiger partial charge < -0.3 is 9.80 Å². The molecule has 84 valence electrons. The van der Waals surface area contributed by atoms with E-state index >= 15 is 0 Å². The van der Waals surface area contributed by atoms with Gasteiger partial charge in [-0.25, -0.2) is 4.98 Å². The highest BCUT2D eigenvalue weighted by Crippen LogP contribution is 2.26. The number of hydrogen-bond donors (Lipinski definition) is 0. The number of rotatable bonds is 2. The zero-order chi connectivity index (χ0) is 10.8. The van der Waals surface area contributed by atoms with Crippen LogP contribution in [0.5, 0.6) is 0 Å². The van der Waals surface area contributed by atoms with Gasteiger partial charge in [0.1, 0.15) is 0 Å². The Balaban J connectivity index is 2.09. The molecule has 1 aliphatic heterocycles. The second-order valence-corrected chi connectivity index (χ2v) is 5.32. The first-order valence-corrected chi connectivity index (χ1v) is 6.42.